The van der Waals surface area contributed by atoms with E-state index in [1.807, 2.05) is 44.1 Å². The molecular formula is C15H25N5O. The molecule has 116 valence electrons. The summed E-state index contributed by atoms with van der Waals surface area (Å²) in [5.41, 5.74) is 0.997. The Morgan fingerprint density at radius 3 is 2.76 bits per heavy atom. The van der Waals surface area contributed by atoms with Crippen LogP contribution in [-0.4, -0.2) is 71.9 Å². The second-order valence-corrected chi connectivity index (χ2v) is 6.13. The highest BCUT2D eigenvalue weighted by Gasteiger charge is 2.31. The predicted octanol–water partition coefficient (Wildman–Crippen LogP) is 0.763. The molecule has 0 bridgehead atoms. The molecule has 2 heterocycles. The van der Waals surface area contributed by atoms with Crippen LogP contribution in [0.15, 0.2) is 12.3 Å². The van der Waals surface area contributed by atoms with Crippen molar-refractivity contribution in [1.29, 1.82) is 0 Å². The molecule has 1 aromatic heterocycles. The fraction of sp³-hybridized carbons (Fsp3) is 0.667. The van der Waals surface area contributed by atoms with Crippen molar-refractivity contribution < 1.29 is 4.79 Å². The maximum Gasteiger partial charge on any atom is 0.237 e. The van der Waals surface area contributed by atoms with Gasteiger partial charge in [-0.15, -0.1) is 0 Å². The number of carbonyl (C=O) groups is 1. The van der Waals surface area contributed by atoms with Crippen LogP contribution in [0.3, 0.4) is 0 Å². The van der Waals surface area contributed by atoms with Gasteiger partial charge in [-0.3, -0.25) is 4.79 Å². The van der Waals surface area contributed by atoms with E-state index in [9.17, 15) is 4.79 Å². The first-order chi connectivity index (χ1) is 9.97. The summed E-state index contributed by atoms with van der Waals surface area (Å²) >= 11 is 0. The molecule has 0 aliphatic carbocycles. The molecule has 2 rings (SSSR count). The number of carbonyl (C=O) groups excluding carboxylic acids is 1. The standard InChI is InChI=1S/C15H25N5O/c1-18(2)10-12-7-8-16-15(17-12)13-6-5-9-20(13)14(21)11-19(3)4/h7-8,13H,5-6,9-11H2,1-4H3. The van der Waals surface area contributed by atoms with E-state index in [0.29, 0.717) is 6.54 Å². The summed E-state index contributed by atoms with van der Waals surface area (Å²) < 4.78 is 0. The number of likely N-dealkylation sites (tertiary alicyclic amines) is 1. The maximum atomic E-state index is 12.3. The lowest BCUT2D eigenvalue weighted by Crippen LogP contribution is -2.37. The molecule has 1 aromatic rings. The number of aromatic nitrogens is 2. The highest BCUT2D eigenvalue weighted by molar-refractivity contribution is 5.78. The number of amides is 1. The van der Waals surface area contributed by atoms with E-state index >= 15 is 0 Å². The quantitative estimate of drug-likeness (QED) is 0.802. The van der Waals surface area contributed by atoms with E-state index in [-0.39, 0.29) is 11.9 Å². The molecule has 0 saturated carbocycles. The lowest BCUT2D eigenvalue weighted by atomic mass is 10.2. The van der Waals surface area contributed by atoms with Crippen LogP contribution in [0.2, 0.25) is 0 Å². The molecule has 1 amide bonds. The molecule has 1 aliphatic heterocycles. The van der Waals surface area contributed by atoms with Crippen LogP contribution in [0.5, 0.6) is 0 Å². The van der Waals surface area contributed by atoms with Gasteiger partial charge in [0.15, 0.2) is 5.82 Å². The summed E-state index contributed by atoms with van der Waals surface area (Å²) in [5, 5.41) is 0. The van der Waals surface area contributed by atoms with Gasteiger partial charge in [0.25, 0.3) is 0 Å². The number of hydrogen-bond acceptors (Lipinski definition) is 5. The first-order valence-electron chi connectivity index (χ1n) is 7.38. The van der Waals surface area contributed by atoms with Crippen LogP contribution in [0.1, 0.15) is 30.4 Å². The molecule has 0 aromatic carbocycles. The molecule has 1 atom stereocenters. The van der Waals surface area contributed by atoms with E-state index in [2.05, 4.69) is 14.9 Å². The number of hydrogen-bond donors (Lipinski definition) is 0. The smallest absolute Gasteiger partial charge is 0.237 e. The van der Waals surface area contributed by atoms with Crippen molar-refractivity contribution in [1.82, 2.24) is 24.7 Å². The molecule has 1 aliphatic rings. The molecule has 6 nitrogen and oxygen atoms in total. The molecule has 0 radical (unpaired) electrons. The van der Waals surface area contributed by atoms with E-state index in [4.69, 9.17) is 0 Å². The summed E-state index contributed by atoms with van der Waals surface area (Å²) in [4.78, 5) is 27.3. The van der Waals surface area contributed by atoms with Gasteiger partial charge in [-0.05, 0) is 47.1 Å². The number of nitrogens with zero attached hydrogens (tertiary/aromatic N) is 5. The molecule has 0 spiro atoms. The zero-order chi connectivity index (χ0) is 15.4. The van der Waals surface area contributed by atoms with Crippen LogP contribution >= 0.6 is 0 Å². The van der Waals surface area contributed by atoms with Gasteiger partial charge in [0.2, 0.25) is 5.91 Å². The lowest BCUT2D eigenvalue weighted by Gasteiger charge is -2.25. The van der Waals surface area contributed by atoms with Gasteiger partial charge in [-0.1, -0.05) is 0 Å². The van der Waals surface area contributed by atoms with Gasteiger partial charge in [-0.2, -0.15) is 0 Å². The highest BCUT2D eigenvalue weighted by atomic mass is 16.2. The Bertz CT molecular complexity index is 489. The Morgan fingerprint density at radius 2 is 2.10 bits per heavy atom. The average molecular weight is 291 g/mol. The van der Waals surface area contributed by atoms with Crippen molar-refractivity contribution in [2.75, 3.05) is 41.3 Å². The first kappa shape index (κ1) is 15.9. The van der Waals surface area contributed by atoms with E-state index < -0.39 is 0 Å². The molecule has 1 fully saturated rings. The Balaban J connectivity index is 2.14. The second kappa shape index (κ2) is 6.95. The second-order valence-electron chi connectivity index (χ2n) is 6.13. The van der Waals surface area contributed by atoms with E-state index in [1.54, 1.807) is 6.20 Å². The Kier molecular flexibility index (Phi) is 5.25. The molecule has 1 saturated heterocycles. The minimum Gasteiger partial charge on any atom is -0.331 e. The van der Waals surface area contributed by atoms with Gasteiger partial charge in [0.1, 0.15) is 0 Å². The van der Waals surface area contributed by atoms with E-state index in [0.717, 1.165) is 37.4 Å². The summed E-state index contributed by atoms with van der Waals surface area (Å²) in [5.74, 6) is 0.933. The molecule has 6 heteroatoms. The summed E-state index contributed by atoms with van der Waals surface area (Å²) in [6.45, 7) is 2.03. The van der Waals surface area contributed by atoms with Crippen molar-refractivity contribution in [3.63, 3.8) is 0 Å². The zero-order valence-electron chi connectivity index (χ0n) is 13.4. The summed E-state index contributed by atoms with van der Waals surface area (Å²) in [6, 6.07) is 1.96. The minimum atomic E-state index is 0.0274. The fourth-order valence-electron chi connectivity index (χ4n) is 2.68. The largest absolute Gasteiger partial charge is 0.331 e. The normalized spacial score (nSPS) is 18.8. The first-order valence-corrected chi connectivity index (χ1v) is 7.38. The van der Waals surface area contributed by atoms with Gasteiger partial charge < -0.3 is 14.7 Å². The van der Waals surface area contributed by atoms with Crippen molar-refractivity contribution in [2.24, 2.45) is 0 Å². The monoisotopic (exact) mass is 291 g/mol. The van der Waals surface area contributed by atoms with Crippen molar-refractivity contribution in [2.45, 2.75) is 25.4 Å². The summed E-state index contributed by atoms with van der Waals surface area (Å²) in [7, 11) is 7.86. The molecule has 21 heavy (non-hydrogen) atoms. The fourth-order valence-corrected chi connectivity index (χ4v) is 2.68. The van der Waals surface area contributed by atoms with Gasteiger partial charge in [0.05, 0.1) is 18.3 Å². The van der Waals surface area contributed by atoms with Gasteiger partial charge in [-0.25, -0.2) is 9.97 Å². The number of likely N-dealkylation sites (N-methyl/N-ethyl adjacent to an activating group) is 1. The highest BCUT2D eigenvalue weighted by Crippen LogP contribution is 2.29. The van der Waals surface area contributed by atoms with Crippen LogP contribution in [-0.2, 0) is 11.3 Å². The van der Waals surface area contributed by atoms with Crippen LogP contribution in [0.25, 0.3) is 0 Å². The molecule has 1 unspecified atom stereocenters. The third kappa shape index (κ3) is 4.22. The third-order valence-corrected chi connectivity index (χ3v) is 3.53. The average Bonchev–Trinajstić information content (AvgIpc) is 2.86. The maximum absolute atomic E-state index is 12.3. The predicted molar refractivity (Wildman–Crippen MR) is 81.7 cm³/mol. The summed E-state index contributed by atoms with van der Waals surface area (Å²) in [6.07, 6.45) is 3.77. The Labute approximate surface area is 126 Å². The van der Waals surface area contributed by atoms with Crippen LogP contribution < -0.4 is 0 Å². The van der Waals surface area contributed by atoms with Crippen molar-refractivity contribution in [3.05, 3.63) is 23.8 Å². The third-order valence-electron chi connectivity index (χ3n) is 3.53. The van der Waals surface area contributed by atoms with Crippen molar-refractivity contribution in [3.8, 4) is 0 Å². The van der Waals surface area contributed by atoms with Gasteiger partial charge >= 0.3 is 0 Å². The zero-order valence-corrected chi connectivity index (χ0v) is 13.4. The Hall–Kier alpha value is -1.53. The molecule has 0 N–H and O–H groups in total. The number of rotatable bonds is 5. The van der Waals surface area contributed by atoms with Crippen molar-refractivity contribution >= 4 is 5.91 Å². The topological polar surface area (TPSA) is 52.6 Å². The van der Waals surface area contributed by atoms with Crippen LogP contribution in [0, 0.1) is 0 Å². The SMILES string of the molecule is CN(C)CC(=O)N1CCCC1c1nccc(CN(C)C)n1. The Morgan fingerprint density at radius 1 is 1.33 bits per heavy atom. The van der Waals surface area contributed by atoms with E-state index in [1.165, 1.54) is 0 Å². The van der Waals surface area contributed by atoms with Gasteiger partial charge in [0, 0.05) is 19.3 Å². The lowest BCUT2D eigenvalue weighted by molar-refractivity contribution is -0.132. The molecular weight excluding hydrogens is 266 g/mol. The van der Waals surface area contributed by atoms with Crippen LogP contribution in [0.4, 0.5) is 0 Å². The minimum absolute atomic E-state index is 0.0274.